The van der Waals surface area contributed by atoms with Gasteiger partial charge in [0.15, 0.2) is 11.5 Å². The number of hydrogen-bond acceptors (Lipinski definition) is 6. The van der Waals surface area contributed by atoms with E-state index < -0.39 is 28.4 Å². The molecule has 0 saturated carbocycles. The second-order valence-electron chi connectivity index (χ2n) is 4.26. The van der Waals surface area contributed by atoms with Gasteiger partial charge in [-0.2, -0.15) is 0 Å². The summed E-state index contributed by atoms with van der Waals surface area (Å²) in [6.07, 6.45) is 0. The average molecular weight is 284 g/mol. The standard InChI is InChI=1S/C12H16N2O6/c1-8(14(17)18)10(7-13(15)16)9-4-5-11(19-2)12(6-9)20-3/h4-6,8,10H,7H2,1-3H3/t8-,10-/m1/s1. The zero-order valence-corrected chi connectivity index (χ0v) is 11.4. The van der Waals surface area contributed by atoms with Crippen molar-refractivity contribution in [2.75, 3.05) is 20.8 Å². The largest absolute Gasteiger partial charge is 0.493 e. The molecule has 1 rings (SSSR count). The Morgan fingerprint density at radius 2 is 1.75 bits per heavy atom. The van der Waals surface area contributed by atoms with Crippen molar-refractivity contribution in [3.05, 3.63) is 44.0 Å². The fraction of sp³-hybridized carbons (Fsp3) is 0.500. The van der Waals surface area contributed by atoms with Gasteiger partial charge in [0.25, 0.3) is 0 Å². The Kier molecular flexibility index (Phi) is 5.24. The first-order valence-corrected chi connectivity index (χ1v) is 5.88. The predicted molar refractivity (Wildman–Crippen MR) is 70.6 cm³/mol. The van der Waals surface area contributed by atoms with Gasteiger partial charge in [-0.05, 0) is 17.7 Å². The van der Waals surface area contributed by atoms with Crippen LogP contribution in [0, 0.1) is 20.2 Å². The summed E-state index contributed by atoms with van der Waals surface area (Å²) in [7, 11) is 2.90. The molecule has 0 fully saturated rings. The van der Waals surface area contributed by atoms with Crippen LogP contribution in [0.4, 0.5) is 0 Å². The lowest BCUT2D eigenvalue weighted by Crippen LogP contribution is -2.29. The SMILES string of the molecule is COc1ccc([C@H](C[N+](=O)[O-])[C@@H](C)[N+](=O)[O-])cc1OC. The molecule has 1 aromatic carbocycles. The number of ether oxygens (including phenoxy) is 2. The van der Waals surface area contributed by atoms with E-state index in [0.717, 1.165) is 0 Å². The lowest BCUT2D eigenvalue weighted by atomic mass is 9.92. The van der Waals surface area contributed by atoms with Crippen LogP contribution in [0.2, 0.25) is 0 Å². The highest BCUT2D eigenvalue weighted by atomic mass is 16.6. The van der Waals surface area contributed by atoms with Crippen LogP contribution in [-0.4, -0.2) is 36.7 Å². The number of nitro groups is 2. The molecule has 0 N–H and O–H groups in total. The zero-order valence-electron chi connectivity index (χ0n) is 11.4. The van der Waals surface area contributed by atoms with Gasteiger partial charge in [0.2, 0.25) is 12.6 Å². The highest BCUT2D eigenvalue weighted by molar-refractivity contribution is 5.44. The second-order valence-corrected chi connectivity index (χ2v) is 4.26. The average Bonchev–Trinajstić information content (AvgIpc) is 2.42. The molecule has 2 atom stereocenters. The molecule has 0 bridgehead atoms. The number of hydrogen-bond donors (Lipinski definition) is 0. The molecule has 0 radical (unpaired) electrons. The summed E-state index contributed by atoms with van der Waals surface area (Å²) in [5.41, 5.74) is 0.476. The van der Waals surface area contributed by atoms with Gasteiger partial charge in [0, 0.05) is 16.8 Å². The van der Waals surface area contributed by atoms with Crippen molar-refractivity contribution in [2.24, 2.45) is 0 Å². The lowest BCUT2D eigenvalue weighted by Gasteiger charge is -2.16. The summed E-state index contributed by atoms with van der Waals surface area (Å²) in [6, 6.07) is 3.62. The Hall–Kier alpha value is -2.38. The quantitative estimate of drug-likeness (QED) is 0.557. The maximum absolute atomic E-state index is 10.9. The van der Waals surface area contributed by atoms with Crippen LogP contribution in [0.5, 0.6) is 11.5 Å². The molecule has 0 spiro atoms. The van der Waals surface area contributed by atoms with Crippen LogP contribution in [0.3, 0.4) is 0 Å². The smallest absolute Gasteiger partial charge is 0.223 e. The van der Waals surface area contributed by atoms with Gasteiger partial charge in [-0.15, -0.1) is 0 Å². The van der Waals surface area contributed by atoms with E-state index in [1.54, 1.807) is 12.1 Å². The van der Waals surface area contributed by atoms with Gasteiger partial charge in [-0.3, -0.25) is 20.2 Å². The molecular weight excluding hydrogens is 268 g/mol. The van der Waals surface area contributed by atoms with Crippen molar-refractivity contribution >= 4 is 0 Å². The van der Waals surface area contributed by atoms with Gasteiger partial charge < -0.3 is 9.47 Å². The molecule has 1 aromatic rings. The van der Waals surface area contributed by atoms with E-state index in [2.05, 4.69) is 0 Å². The van der Waals surface area contributed by atoms with Gasteiger partial charge in [0.05, 0.1) is 14.2 Å². The summed E-state index contributed by atoms with van der Waals surface area (Å²) in [5, 5.41) is 21.6. The van der Waals surface area contributed by atoms with Crippen molar-refractivity contribution in [3.63, 3.8) is 0 Å². The number of nitrogens with zero attached hydrogens (tertiary/aromatic N) is 2. The molecule has 0 aliphatic carbocycles. The van der Waals surface area contributed by atoms with E-state index in [-0.39, 0.29) is 0 Å². The highest BCUT2D eigenvalue weighted by Gasteiger charge is 2.33. The monoisotopic (exact) mass is 284 g/mol. The minimum absolute atomic E-state index is 0.383. The zero-order chi connectivity index (χ0) is 15.3. The van der Waals surface area contributed by atoms with E-state index in [0.29, 0.717) is 17.1 Å². The molecule has 20 heavy (non-hydrogen) atoms. The number of benzene rings is 1. The maximum atomic E-state index is 10.9. The molecule has 8 nitrogen and oxygen atoms in total. The first-order chi connectivity index (χ1) is 9.40. The number of methoxy groups -OCH3 is 2. The van der Waals surface area contributed by atoms with E-state index in [1.807, 2.05) is 0 Å². The first kappa shape index (κ1) is 15.7. The van der Waals surface area contributed by atoms with Gasteiger partial charge in [-0.25, -0.2) is 0 Å². The fourth-order valence-corrected chi connectivity index (χ4v) is 1.93. The van der Waals surface area contributed by atoms with Gasteiger partial charge in [0.1, 0.15) is 5.92 Å². The van der Waals surface area contributed by atoms with E-state index in [4.69, 9.17) is 9.47 Å². The minimum atomic E-state index is -1.07. The van der Waals surface area contributed by atoms with E-state index in [1.165, 1.54) is 27.2 Å². The molecule has 0 saturated heterocycles. The van der Waals surface area contributed by atoms with Crippen molar-refractivity contribution in [3.8, 4) is 11.5 Å². The summed E-state index contributed by atoms with van der Waals surface area (Å²) in [6.45, 7) is 0.836. The first-order valence-electron chi connectivity index (χ1n) is 5.88. The molecule has 8 heteroatoms. The Balaban J connectivity index is 3.19. The second kappa shape index (κ2) is 6.69. The van der Waals surface area contributed by atoms with Crippen molar-refractivity contribution in [1.82, 2.24) is 0 Å². The highest BCUT2D eigenvalue weighted by Crippen LogP contribution is 2.32. The Morgan fingerprint density at radius 3 is 2.20 bits per heavy atom. The fourth-order valence-electron chi connectivity index (χ4n) is 1.93. The Morgan fingerprint density at radius 1 is 1.15 bits per heavy atom. The molecule has 0 aliphatic rings. The third-order valence-corrected chi connectivity index (χ3v) is 3.10. The summed E-state index contributed by atoms with van der Waals surface area (Å²) >= 11 is 0. The minimum Gasteiger partial charge on any atom is -0.493 e. The van der Waals surface area contributed by atoms with Crippen molar-refractivity contribution < 1.29 is 19.3 Å². The van der Waals surface area contributed by atoms with E-state index in [9.17, 15) is 20.2 Å². The van der Waals surface area contributed by atoms with Crippen LogP contribution < -0.4 is 9.47 Å². The normalized spacial score (nSPS) is 13.3. The van der Waals surface area contributed by atoms with Crippen LogP contribution >= 0.6 is 0 Å². The molecule has 0 unspecified atom stereocenters. The lowest BCUT2D eigenvalue weighted by molar-refractivity contribution is -0.543. The Bertz CT molecular complexity index is 505. The van der Waals surface area contributed by atoms with Crippen LogP contribution in [0.1, 0.15) is 18.4 Å². The van der Waals surface area contributed by atoms with Crippen LogP contribution in [-0.2, 0) is 0 Å². The molecule has 0 heterocycles. The topological polar surface area (TPSA) is 105 Å². The van der Waals surface area contributed by atoms with Crippen LogP contribution in [0.15, 0.2) is 18.2 Å². The molecule has 0 amide bonds. The van der Waals surface area contributed by atoms with Gasteiger partial charge in [-0.1, -0.05) is 6.07 Å². The number of rotatable bonds is 7. The van der Waals surface area contributed by atoms with E-state index >= 15 is 0 Å². The predicted octanol–water partition coefficient (Wildman–Crippen LogP) is 1.73. The van der Waals surface area contributed by atoms with Gasteiger partial charge >= 0.3 is 0 Å². The third kappa shape index (κ3) is 3.56. The molecular formula is C12H16N2O6. The summed E-state index contributed by atoms with van der Waals surface area (Å²) in [4.78, 5) is 20.5. The Labute approximate surface area is 115 Å². The van der Waals surface area contributed by atoms with Crippen LogP contribution in [0.25, 0.3) is 0 Å². The molecule has 0 aromatic heterocycles. The summed E-state index contributed by atoms with van der Waals surface area (Å²) in [5.74, 6) is 0.0126. The molecule has 110 valence electrons. The summed E-state index contributed by atoms with van der Waals surface area (Å²) < 4.78 is 10.2. The van der Waals surface area contributed by atoms with Crippen molar-refractivity contribution in [2.45, 2.75) is 18.9 Å². The van der Waals surface area contributed by atoms with Crippen molar-refractivity contribution in [1.29, 1.82) is 0 Å². The third-order valence-electron chi connectivity index (χ3n) is 3.10. The molecule has 0 aliphatic heterocycles. The maximum Gasteiger partial charge on any atom is 0.223 e.